The first kappa shape index (κ1) is 11.0. The van der Waals surface area contributed by atoms with Crippen LogP contribution in [0.5, 0.6) is 5.75 Å². The minimum absolute atomic E-state index is 0.425. The van der Waals surface area contributed by atoms with Crippen molar-refractivity contribution in [3.63, 3.8) is 0 Å². The molecular weight excluding hydrogens is 240 g/mol. The topological polar surface area (TPSA) is 38.7 Å². The van der Waals surface area contributed by atoms with Crippen molar-refractivity contribution in [2.24, 2.45) is 0 Å². The van der Waals surface area contributed by atoms with Crippen molar-refractivity contribution in [1.82, 2.24) is 0 Å². The molecule has 2 aromatic rings. The number of ether oxygens (including phenoxy) is 2. The van der Waals surface area contributed by atoms with Crippen molar-refractivity contribution in [2.75, 3.05) is 0 Å². The second-order valence-corrected chi connectivity index (χ2v) is 5.11. The van der Waals surface area contributed by atoms with E-state index in [2.05, 4.69) is 0 Å². The van der Waals surface area contributed by atoms with Crippen LogP contribution in [0.1, 0.15) is 22.8 Å². The molecule has 3 nitrogen and oxygen atoms in total. The van der Waals surface area contributed by atoms with Crippen LogP contribution in [0.25, 0.3) is 0 Å². The molecule has 0 fully saturated rings. The Morgan fingerprint density at radius 2 is 1.74 bits per heavy atom. The lowest BCUT2D eigenvalue weighted by Gasteiger charge is -2.44. The van der Waals surface area contributed by atoms with E-state index in [9.17, 15) is 5.11 Å². The maximum atomic E-state index is 10.7. The summed E-state index contributed by atoms with van der Waals surface area (Å²) in [4.78, 5) is 0. The quantitative estimate of drug-likeness (QED) is 0.785. The van der Waals surface area contributed by atoms with Crippen molar-refractivity contribution >= 4 is 0 Å². The van der Waals surface area contributed by atoms with Gasteiger partial charge in [0, 0.05) is 12.0 Å². The maximum absolute atomic E-state index is 10.7. The van der Waals surface area contributed by atoms with E-state index >= 15 is 0 Å². The lowest BCUT2D eigenvalue weighted by Crippen LogP contribution is -2.49. The van der Waals surface area contributed by atoms with E-state index < -0.39 is 11.9 Å². The molecule has 0 saturated heterocycles. The van der Waals surface area contributed by atoms with Crippen LogP contribution >= 0.6 is 0 Å². The van der Waals surface area contributed by atoms with Gasteiger partial charge in [0.15, 0.2) is 6.10 Å². The van der Waals surface area contributed by atoms with Crippen LogP contribution in [-0.4, -0.2) is 10.9 Å². The van der Waals surface area contributed by atoms with Crippen molar-refractivity contribution in [2.45, 2.75) is 24.9 Å². The summed E-state index contributed by atoms with van der Waals surface area (Å²) < 4.78 is 11.7. The molecular formula is C16H14O3. The molecule has 0 amide bonds. The van der Waals surface area contributed by atoms with E-state index in [0.717, 1.165) is 22.4 Å². The Labute approximate surface area is 111 Å². The van der Waals surface area contributed by atoms with Crippen LogP contribution < -0.4 is 4.74 Å². The van der Waals surface area contributed by atoms with Gasteiger partial charge in [-0.1, -0.05) is 42.5 Å². The first-order chi connectivity index (χ1) is 9.26. The average Bonchev–Trinajstić information content (AvgIpc) is 2.45. The number of hydrogen-bond acceptors (Lipinski definition) is 3. The van der Waals surface area contributed by atoms with Gasteiger partial charge < -0.3 is 14.6 Å². The molecule has 2 aliphatic heterocycles. The van der Waals surface area contributed by atoms with Gasteiger partial charge in [-0.2, -0.15) is 0 Å². The number of aliphatic hydroxyl groups is 1. The molecule has 0 aromatic heterocycles. The highest BCUT2D eigenvalue weighted by molar-refractivity contribution is 5.41. The van der Waals surface area contributed by atoms with Crippen LogP contribution in [-0.2, 0) is 17.8 Å². The molecule has 0 unspecified atom stereocenters. The predicted molar refractivity (Wildman–Crippen MR) is 69.7 cm³/mol. The highest BCUT2D eigenvalue weighted by Gasteiger charge is 2.48. The van der Waals surface area contributed by atoms with E-state index in [1.807, 2.05) is 48.5 Å². The fourth-order valence-corrected chi connectivity index (χ4v) is 2.91. The van der Waals surface area contributed by atoms with Gasteiger partial charge in [-0.3, -0.25) is 0 Å². The third-order valence-electron chi connectivity index (χ3n) is 3.89. The molecule has 96 valence electrons. The van der Waals surface area contributed by atoms with E-state index in [1.165, 1.54) is 0 Å². The third kappa shape index (κ3) is 1.59. The smallest absolute Gasteiger partial charge is 0.212 e. The fraction of sp³-hybridized carbons (Fsp3) is 0.250. The maximum Gasteiger partial charge on any atom is 0.212 e. The molecule has 0 saturated carbocycles. The zero-order valence-electron chi connectivity index (χ0n) is 10.4. The van der Waals surface area contributed by atoms with E-state index in [4.69, 9.17) is 9.47 Å². The zero-order chi connectivity index (χ0) is 12.9. The second-order valence-electron chi connectivity index (χ2n) is 5.11. The summed E-state index contributed by atoms with van der Waals surface area (Å²) in [6.45, 7) is 0.425. The van der Waals surface area contributed by atoms with E-state index in [1.54, 1.807) is 0 Å². The Kier molecular flexibility index (Phi) is 2.22. The Hall–Kier alpha value is -1.84. The van der Waals surface area contributed by atoms with Gasteiger partial charge in [-0.15, -0.1) is 0 Å². The first-order valence-electron chi connectivity index (χ1n) is 6.45. The summed E-state index contributed by atoms with van der Waals surface area (Å²) in [6.07, 6.45) is 0.00896. The van der Waals surface area contributed by atoms with E-state index in [-0.39, 0.29) is 0 Å². The van der Waals surface area contributed by atoms with Crippen molar-refractivity contribution in [1.29, 1.82) is 0 Å². The fourth-order valence-electron chi connectivity index (χ4n) is 2.91. The van der Waals surface area contributed by atoms with Crippen LogP contribution in [0, 0.1) is 0 Å². The lowest BCUT2D eigenvalue weighted by molar-refractivity contribution is -0.273. The van der Waals surface area contributed by atoms with Gasteiger partial charge in [0.05, 0.1) is 6.61 Å². The number of hydrogen-bond donors (Lipinski definition) is 1. The average molecular weight is 254 g/mol. The standard InChI is InChI=1S/C16H14O3/c17-16-9-11-5-2-4-8-14(11)19-15(16)13-7-3-1-6-12(13)10-18-16/h1-8,15,17H,9-10H2/t15-,16-/m0/s1. The van der Waals surface area contributed by atoms with Gasteiger partial charge in [0.25, 0.3) is 0 Å². The summed E-state index contributed by atoms with van der Waals surface area (Å²) in [7, 11) is 0. The Balaban J connectivity index is 1.85. The Bertz CT molecular complexity index is 637. The highest BCUT2D eigenvalue weighted by atomic mass is 16.7. The van der Waals surface area contributed by atoms with E-state index in [0.29, 0.717) is 13.0 Å². The molecule has 2 atom stereocenters. The molecule has 0 bridgehead atoms. The summed E-state index contributed by atoms with van der Waals surface area (Å²) in [5.74, 6) is -0.430. The number of para-hydroxylation sites is 1. The molecule has 0 aliphatic carbocycles. The molecule has 2 aliphatic rings. The molecule has 4 rings (SSSR count). The van der Waals surface area contributed by atoms with Crippen molar-refractivity contribution in [3.05, 3.63) is 65.2 Å². The van der Waals surface area contributed by atoms with Gasteiger partial charge in [0.1, 0.15) is 5.75 Å². The van der Waals surface area contributed by atoms with Gasteiger partial charge in [-0.05, 0) is 17.2 Å². The number of rotatable bonds is 0. The third-order valence-corrected chi connectivity index (χ3v) is 3.89. The Morgan fingerprint density at radius 1 is 1.00 bits per heavy atom. The van der Waals surface area contributed by atoms with Gasteiger partial charge in [0.2, 0.25) is 5.79 Å². The Morgan fingerprint density at radius 3 is 2.63 bits per heavy atom. The number of fused-ring (bicyclic) bond motifs is 4. The molecule has 3 heteroatoms. The molecule has 0 spiro atoms. The van der Waals surface area contributed by atoms with Gasteiger partial charge >= 0.3 is 0 Å². The van der Waals surface area contributed by atoms with Crippen LogP contribution in [0.15, 0.2) is 48.5 Å². The summed E-state index contributed by atoms with van der Waals surface area (Å²) >= 11 is 0. The lowest BCUT2D eigenvalue weighted by atomic mass is 9.87. The molecule has 1 N–H and O–H groups in total. The molecule has 2 aromatic carbocycles. The van der Waals surface area contributed by atoms with Crippen LogP contribution in [0.2, 0.25) is 0 Å². The largest absolute Gasteiger partial charge is 0.480 e. The van der Waals surface area contributed by atoms with Crippen LogP contribution in [0.4, 0.5) is 0 Å². The first-order valence-corrected chi connectivity index (χ1v) is 6.45. The summed E-state index contributed by atoms with van der Waals surface area (Å²) in [6, 6.07) is 15.7. The predicted octanol–water partition coefficient (Wildman–Crippen LogP) is 2.58. The molecule has 0 radical (unpaired) electrons. The zero-order valence-corrected chi connectivity index (χ0v) is 10.4. The highest BCUT2D eigenvalue weighted by Crippen LogP contribution is 2.45. The van der Waals surface area contributed by atoms with Crippen molar-refractivity contribution in [3.8, 4) is 5.75 Å². The summed E-state index contributed by atoms with van der Waals surface area (Å²) in [5, 5.41) is 10.7. The minimum Gasteiger partial charge on any atom is -0.480 e. The van der Waals surface area contributed by atoms with Crippen LogP contribution in [0.3, 0.4) is 0 Å². The number of benzene rings is 2. The SMILES string of the molecule is O[C@]12Cc3ccccc3O[C@H]1c1ccccc1CO2. The summed E-state index contributed by atoms with van der Waals surface area (Å²) in [5.41, 5.74) is 3.09. The normalized spacial score (nSPS) is 27.7. The monoisotopic (exact) mass is 254 g/mol. The van der Waals surface area contributed by atoms with Gasteiger partial charge in [-0.25, -0.2) is 0 Å². The molecule has 19 heavy (non-hydrogen) atoms. The van der Waals surface area contributed by atoms with Crippen molar-refractivity contribution < 1.29 is 14.6 Å². The second kappa shape index (κ2) is 3.83. The molecule has 2 heterocycles. The minimum atomic E-state index is -1.26.